The summed E-state index contributed by atoms with van der Waals surface area (Å²) in [5.74, 6) is 2.71. The number of nitrogens with zero attached hydrogens (tertiary/aromatic N) is 11. The van der Waals surface area contributed by atoms with Gasteiger partial charge >= 0.3 is 92.9 Å². The van der Waals surface area contributed by atoms with Crippen molar-refractivity contribution in [3.63, 3.8) is 0 Å². The third-order valence-electron chi connectivity index (χ3n) is 10.1. The molecule has 640 valence electrons. The number of nitrogen functional groups attached to an aromatic ring is 3. The molecule has 112 heavy (non-hydrogen) atoms. The Morgan fingerprint density at radius 3 is 1.15 bits per heavy atom. The van der Waals surface area contributed by atoms with E-state index < -0.39 is 37.2 Å². The second-order valence-corrected chi connectivity index (χ2v) is 32.6. The largest absolute Gasteiger partial charge is 1.00 e. The first-order chi connectivity index (χ1) is 47.6. The van der Waals surface area contributed by atoms with Gasteiger partial charge in [0, 0.05) is 72.0 Å². The van der Waals surface area contributed by atoms with E-state index in [0.717, 1.165) is 50.8 Å². The number of aliphatic hydroxyl groups is 1. The molecular formula is C65H123Cl4N19Na2O21P-. The smallest absolute Gasteiger partial charge is 0.870 e. The molecule has 0 amide bonds. The third kappa shape index (κ3) is 81.3. The zero-order valence-electron chi connectivity index (χ0n) is 69.2. The van der Waals surface area contributed by atoms with Crippen LogP contribution < -0.4 is 104 Å². The van der Waals surface area contributed by atoms with Crippen LogP contribution in [0.25, 0.3) is 0 Å². The van der Waals surface area contributed by atoms with Crippen LogP contribution in [0, 0.1) is 47.7 Å². The maximum atomic E-state index is 11.2. The Labute approximate surface area is 721 Å². The van der Waals surface area contributed by atoms with Gasteiger partial charge in [0.25, 0.3) is 12.0 Å². The standard InChI is InChI=1S/C8H10ClN3O2.C8H12N4O2.C8H14N4.C8H11N3O3.C8H12N2O.C5H12N2.C5H7O2.C4H8O2.C4H10O.C3H6O2.C2H5O.CH4O.CH4.Cl3OP.H3N.2Na.3H2O/c2*1-8(2,3)7-10-4-5(12(13)14)6(9)11-7;1-8(2,3)7-11-4-5(9)6(10)12-7;1-8(2,3)7-9-4-5(11(13)14)6(12)10-7;1-8(2,3)7-9-5-4-6(11)10-7;1-5(2,3)4(6)7;1-3-5(6)7-4-2;1-3-6-4(2)5;1-3-5-4-2;1-2-5-3-4;1-2-3;1-2;;1-5(2,3)4;;;;;;/h4H,1-3H3;4H,1-3H3,(H2,9,10,11);4H,9H2,1-3H3,(H2,10,11,12);4H,1-3H3,(H,9,10,12);4-5H,1-3H3,(H,9,10,11);1-3H3,(H3,6,7);1,3H,4H2,2H3;3H2,1-2H3;3-4H2,1-2H3;3H,2H2,1H3;2H2,1H3;2H,1H3;1H4;;1H3;;;3*1H2/q;;;;;;-1;;;;-1;;;;;2*+1;;;/p-1. The Morgan fingerprint density at radius 2 is 0.946 bits per heavy atom. The number of halogens is 4. The Bertz CT molecular complexity index is 3450. The van der Waals surface area contributed by atoms with Gasteiger partial charge in [0.15, 0.2) is 5.97 Å². The summed E-state index contributed by atoms with van der Waals surface area (Å²) in [5, 5.41) is 50.7. The van der Waals surface area contributed by atoms with Gasteiger partial charge in [-0.2, -0.15) is 6.08 Å². The van der Waals surface area contributed by atoms with Crippen LogP contribution in [0.4, 0.5) is 34.4 Å². The van der Waals surface area contributed by atoms with E-state index in [1.807, 2.05) is 138 Å². The van der Waals surface area contributed by atoms with Crippen molar-refractivity contribution in [2.75, 3.05) is 64.0 Å². The van der Waals surface area contributed by atoms with E-state index in [0.29, 0.717) is 61.1 Å². The fourth-order valence-electron chi connectivity index (χ4n) is 4.81. The monoisotopic (exact) mass is 1720 g/mol. The summed E-state index contributed by atoms with van der Waals surface area (Å²) < 4.78 is 27.3. The number of H-pyrrole nitrogens is 2. The quantitative estimate of drug-likeness (QED) is 0.00747. The van der Waals surface area contributed by atoms with Crippen molar-refractivity contribution >= 4 is 109 Å². The summed E-state index contributed by atoms with van der Waals surface area (Å²) in [6.07, 6.45) is 7.23. The summed E-state index contributed by atoms with van der Waals surface area (Å²) in [7, 11) is 1.00. The Balaban J connectivity index is -0.0000000715. The van der Waals surface area contributed by atoms with Gasteiger partial charge < -0.3 is 89.4 Å². The van der Waals surface area contributed by atoms with Gasteiger partial charge in [0.05, 0.1) is 52.3 Å². The van der Waals surface area contributed by atoms with E-state index in [-0.39, 0.29) is 168 Å². The number of hydrogen-bond acceptors (Lipinski definition) is 32. The van der Waals surface area contributed by atoms with Crippen LogP contribution in [-0.2, 0) is 65.0 Å². The van der Waals surface area contributed by atoms with Crippen molar-refractivity contribution in [3.8, 4) is 0 Å². The summed E-state index contributed by atoms with van der Waals surface area (Å²) >= 11 is 19.5. The van der Waals surface area contributed by atoms with Gasteiger partial charge in [-0.25, -0.2) is 39.9 Å². The summed E-state index contributed by atoms with van der Waals surface area (Å²) in [6, 6.07) is 1.41. The Morgan fingerprint density at radius 1 is 0.616 bits per heavy atom. The minimum absolute atomic E-state index is 0. The topological polar surface area (TPSA) is 703 Å². The van der Waals surface area contributed by atoms with Gasteiger partial charge in [0.1, 0.15) is 53.5 Å². The number of hydrogen-bond donors (Lipinski definition) is 9. The van der Waals surface area contributed by atoms with Gasteiger partial charge in [-0.05, 0) is 68.3 Å². The summed E-state index contributed by atoms with van der Waals surface area (Å²) in [5.41, 5.74) is 19.0. The second kappa shape index (κ2) is 73.2. The van der Waals surface area contributed by atoms with Crippen LogP contribution in [0.5, 0.6) is 0 Å². The first-order valence-electron chi connectivity index (χ1n) is 31.3. The molecule has 20 N–H and O–H groups in total. The molecule has 5 rings (SSSR count). The molecule has 0 saturated carbocycles. The van der Waals surface area contributed by atoms with Crippen molar-refractivity contribution in [3.05, 3.63) is 135 Å². The number of ether oxygens (including phenoxy) is 4. The van der Waals surface area contributed by atoms with Crippen molar-refractivity contribution in [1.29, 1.82) is 5.41 Å². The number of aliphatic hydroxyl groups excluding tert-OH is 1. The maximum absolute atomic E-state index is 11.2. The molecule has 0 aliphatic carbocycles. The van der Waals surface area contributed by atoms with Crippen LogP contribution in [0.2, 0.25) is 5.15 Å². The van der Waals surface area contributed by atoms with E-state index in [1.54, 1.807) is 33.9 Å². The zero-order valence-corrected chi connectivity index (χ0v) is 77.1. The fourth-order valence-corrected chi connectivity index (χ4v) is 5.01. The zero-order chi connectivity index (χ0) is 84.8. The predicted octanol–water partition coefficient (Wildman–Crippen LogP) is 4.65. The number of carbonyl (C=O) groups excluding carboxylic acids is 3. The number of aromatic nitrogens is 10. The van der Waals surface area contributed by atoms with Crippen molar-refractivity contribution in [1.82, 2.24) is 56.0 Å². The molecule has 0 radical (unpaired) electrons. The number of nitro groups is 3. The van der Waals surface area contributed by atoms with E-state index in [4.69, 9.17) is 61.5 Å². The number of rotatable bonds is 10. The molecule has 0 spiro atoms. The number of nitrogens with two attached hydrogens (primary N) is 4. The maximum Gasteiger partial charge on any atom is 1.00 e. The van der Waals surface area contributed by atoms with Crippen LogP contribution in [0.1, 0.15) is 210 Å². The minimum Gasteiger partial charge on any atom is -0.870 e. The van der Waals surface area contributed by atoms with Gasteiger partial charge in [-0.3, -0.25) is 66.1 Å². The van der Waals surface area contributed by atoms with Crippen LogP contribution in [0.3, 0.4) is 0 Å². The molecule has 5 heterocycles. The number of nitrogens with one attached hydrogen (secondary N) is 3. The Kier molecular flexibility index (Phi) is 91.9. The van der Waals surface area contributed by atoms with Gasteiger partial charge in [-0.15, -0.1) is 6.61 Å². The molecule has 5 aromatic rings. The second-order valence-electron chi connectivity index (χ2n) is 25.6. The normalized spacial score (nSPS) is 9.64. The van der Waals surface area contributed by atoms with E-state index in [1.165, 1.54) is 19.2 Å². The van der Waals surface area contributed by atoms with Crippen LogP contribution in [-0.4, -0.2) is 157 Å². The van der Waals surface area contributed by atoms with Crippen molar-refractivity contribution in [2.45, 2.75) is 208 Å². The first-order valence-corrected chi connectivity index (χ1v) is 36.1. The number of carbonyl (C=O) groups is 3. The van der Waals surface area contributed by atoms with Crippen LogP contribution in [0.15, 0.2) is 52.7 Å². The average molecular weight is 1730 g/mol. The minimum atomic E-state index is -3.22. The molecule has 0 aromatic carbocycles. The molecule has 5 aromatic heterocycles. The number of anilines is 3. The molecule has 47 heteroatoms. The van der Waals surface area contributed by atoms with Gasteiger partial charge in [0.2, 0.25) is 11.0 Å². The summed E-state index contributed by atoms with van der Waals surface area (Å²) in [6.45, 7) is 55.3. The molecule has 0 unspecified atom stereocenters. The molecule has 0 fully saturated rings. The van der Waals surface area contributed by atoms with E-state index >= 15 is 0 Å². The predicted molar refractivity (Wildman–Crippen MR) is 431 cm³/mol. The number of amidine groups is 1. The third-order valence-corrected chi connectivity index (χ3v) is 10.3. The van der Waals surface area contributed by atoms with Crippen molar-refractivity contribution in [2.24, 2.45) is 11.1 Å². The SMILES string of the molecule is C.CC(C)(C)C(=N)N.CC(C)(C)c1ncc(N)c(N)n1.CC(C)(C)c1ncc([N+](=O)[O-])c(=O)[nH]1.CC(C)(C)c1ncc([N+](=O)[O-])c(Cl)n1.CC(C)(C)c1ncc([N+](=O)[O-])c(N)n1.CC(C)(C)c1nccc(=O)[nH]1.CCOC(C)=O.CCOC=O.CCOCC.CC[O-].CO.N.O.O.O=P(Cl)(Cl)Cl.[CH-]=CC(=O)OCC.[Na+].[Na+].[OH-]. The van der Waals surface area contributed by atoms with Crippen molar-refractivity contribution < 1.29 is 138 Å². The fraction of sp³-hybridized carbons (Fsp3) is 0.600. The molecule has 0 saturated heterocycles. The van der Waals surface area contributed by atoms with E-state index in [2.05, 4.69) is 97.8 Å². The van der Waals surface area contributed by atoms with E-state index in [9.17, 15) is 58.9 Å². The molecule has 0 bridgehead atoms. The number of esters is 2. The molecule has 40 nitrogen and oxygen atoms in total. The average Bonchev–Trinajstić information content (AvgIpc) is 0.850. The molecule has 0 atom stereocenters. The molecule has 0 aliphatic heterocycles. The molecule has 0 aliphatic rings. The number of aromatic amines is 2. The van der Waals surface area contributed by atoms with Gasteiger partial charge in [-0.1, -0.05) is 151 Å². The van der Waals surface area contributed by atoms with Crippen LogP contribution >= 0.6 is 50.5 Å². The first kappa shape index (κ1) is 141. The molecular weight excluding hydrogens is 1600 g/mol. The Hall–Kier alpha value is -6.67. The summed E-state index contributed by atoms with van der Waals surface area (Å²) in [4.78, 5) is 117.